The number of aliphatic hydroxyl groups excluding tert-OH is 3. The van der Waals surface area contributed by atoms with E-state index in [1.165, 1.54) is 6.92 Å². The van der Waals surface area contributed by atoms with Crippen LogP contribution in [0.5, 0.6) is 0 Å². The van der Waals surface area contributed by atoms with Crippen LogP contribution in [-0.4, -0.2) is 50.6 Å². The minimum Gasteiger partial charge on any atom is -0.394 e. The van der Waals surface area contributed by atoms with Crippen molar-refractivity contribution >= 4 is 5.78 Å². The number of hydrogen-bond donors (Lipinski definition) is 4. The number of aliphatic hydroxyl groups is 4. The van der Waals surface area contributed by atoms with Crippen LogP contribution in [0.25, 0.3) is 0 Å². The standard InChI is InChI=1S/C8H14O5/c1-7(2)6(12)8(7,13)5(11)4(10)3-9/h4-5,9-11,13H,3H2,1-2H3/t4-,5+,8-/m1/s1/i1D/t4-,5+,7?,8-. The second-order valence-electron chi connectivity index (χ2n) is 3.62. The van der Waals surface area contributed by atoms with E-state index in [4.69, 9.17) is 11.6 Å². The van der Waals surface area contributed by atoms with Crippen LogP contribution in [0.4, 0.5) is 0 Å². The molecule has 1 unspecified atom stereocenters. The van der Waals surface area contributed by atoms with Gasteiger partial charge in [-0.05, 0) is 13.8 Å². The zero-order chi connectivity index (χ0) is 11.1. The van der Waals surface area contributed by atoms with Gasteiger partial charge in [-0.1, -0.05) is 0 Å². The Morgan fingerprint density at radius 2 is 2.15 bits per heavy atom. The second kappa shape index (κ2) is 2.75. The second-order valence-corrected chi connectivity index (χ2v) is 3.62. The van der Waals surface area contributed by atoms with Crippen molar-refractivity contribution in [2.45, 2.75) is 31.6 Å². The average molecular weight is 191 g/mol. The summed E-state index contributed by atoms with van der Waals surface area (Å²) >= 11 is 0. The van der Waals surface area contributed by atoms with E-state index in [1.807, 2.05) is 0 Å². The Balaban J connectivity index is 2.85. The molecule has 5 heteroatoms. The minimum absolute atomic E-state index is 0.364. The predicted octanol–water partition coefficient (Wildman–Crippen LogP) is -1.96. The fourth-order valence-corrected chi connectivity index (χ4v) is 1.39. The molecule has 0 saturated heterocycles. The largest absolute Gasteiger partial charge is 0.394 e. The monoisotopic (exact) mass is 191 g/mol. The summed E-state index contributed by atoms with van der Waals surface area (Å²) < 4.78 is 7.06. The number of carbonyl (C=O) groups excluding carboxylic acids is 1. The molecule has 0 aromatic rings. The Bertz CT molecular complexity index is 258. The minimum atomic E-state index is -2.09. The Hall–Kier alpha value is -0.490. The van der Waals surface area contributed by atoms with Gasteiger partial charge < -0.3 is 20.4 Å². The smallest absolute Gasteiger partial charge is 0.177 e. The summed E-state index contributed by atoms with van der Waals surface area (Å²) in [7, 11) is 0. The molecule has 0 amide bonds. The topological polar surface area (TPSA) is 98.0 Å². The SMILES string of the molecule is [2H]CC1(C)C(=O)[C@]1(O)[C@@H](O)[C@H](O)CO. The third-order valence-corrected chi connectivity index (χ3v) is 2.61. The molecule has 0 aromatic heterocycles. The van der Waals surface area contributed by atoms with Gasteiger partial charge in [0, 0.05) is 1.37 Å². The van der Waals surface area contributed by atoms with Crippen LogP contribution >= 0.6 is 0 Å². The van der Waals surface area contributed by atoms with E-state index in [0.29, 0.717) is 0 Å². The van der Waals surface area contributed by atoms with Gasteiger partial charge in [-0.15, -0.1) is 0 Å². The van der Waals surface area contributed by atoms with Gasteiger partial charge in [-0.3, -0.25) is 4.79 Å². The number of Topliss-reactive ketones (excluding diaryl/α,β-unsaturated/α-hetero) is 1. The lowest BCUT2D eigenvalue weighted by atomic mass is 9.98. The van der Waals surface area contributed by atoms with Gasteiger partial charge >= 0.3 is 0 Å². The molecule has 0 aliphatic heterocycles. The summed E-state index contributed by atoms with van der Waals surface area (Å²) in [5.41, 5.74) is -3.42. The average Bonchev–Trinajstić information content (AvgIpc) is 2.64. The highest BCUT2D eigenvalue weighted by molar-refractivity contribution is 6.11. The van der Waals surface area contributed by atoms with Gasteiger partial charge in [0.05, 0.1) is 12.0 Å². The van der Waals surface area contributed by atoms with E-state index in [0.717, 1.165) is 0 Å². The third kappa shape index (κ3) is 1.12. The highest BCUT2D eigenvalue weighted by Gasteiger charge is 2.75. The third-order valence-electron chi connectivity index (χ3n) is 2.61. The molecule has 0 spiro atoms. The fourth-order valence-electron chi connectivity index (χ4n) is 1.39. The quantitative estimate of drug-likeness (QED) is 0.415. The number of rotatable bonds is 3. The first kappa shape index (κ1) is 9.08. The molecule has 0 aromatic carbocycles. The molecule has 0 bridgehead atoms. The predicted molar refractivity (Wildman–Crippen MR) is 42.8 cm³/mol. The number of carbonyl (C=O) groups is 1. The van der Waals surface area contributed by atoms with Crippen molar-refractivity contribution < 1.29 is 26.6 Å². The van der Waals surface area contributed by atoms with Crippen molar-refractivity contribution in [2.75, 3.05) is 6.61 Å². The molecule has 4 atom stereocenters. The zero-order valence-corrected chi connectivity index (χ0v) is 7.27. The van der Waals surface area contributed by atoms with Crippen LogP contribution in [0, 0.1) is 5.41 Å². The van der Waals surface area contributed by atoms with Gasteiger partial charge in [-0.25, -0.2) is 0 Å². The molecule has 1 saturated carbocycles. The van der Waals surface area contributed by atoms with E-state index in [2.05, 4.69) is 0 Å². The Morgan fingerprint density at radius 1 is 1.62 bits per heavy atom. The Morgan fingerprint density at radius 3 is 2.46 bits per heavy atom. The normalized spacial score (nSPS) is 44.1. The number of hydrogen-bond acceptors (Lipinski definition) is 5. The molecule has 1 fully saturated rings. The van der Waals surface area contributed by atoms with Gasteiger partial charge in [0.15, 0.2) is 11.4 Å². The van der Waals surface area contributed by atoms with Gasteiger partial charge in [0.2, 0.25) is 0 Å². The summed E-state index contributed by atoms with van der Waals surface area (Å²) in [4.78, 5) is 11.2. The van der Waals surface area contributed by atoms with Crippen LogP contribution in [0.1, 0.15) is 15.2 Å². The van der Waals surface area contributed by atoms with Crippen molar-refractivity contribution in [1.82, 2.24) is 0 Å². The van der Waals surface area contributed by atoms with Gasteiger partial charge in [-0.2, -0.15) is 0 Å². The van der Waals surface area contributed by atoms with E-state index < -0.39 is 35.6 Å². The van der Waals surface area contributed by atoms with Crippen molar-refractivity contribution in [1.29, 1.82) is 0 Å². The molecule has 0 radical (unpaired) electrons. The molecule has 1 rings (SSSR count). The highest BCUT2D eigenvalue weighted by atomic mass is 16.4. The maximum atomic E-state index is 11.2. The molecule has 1 aliphatic carbocycles. The molecule has 4 N–H and O–H groups in total. The Labute approximate surface area is 77.0 Å². The lowest BCUT2D eigenvalue weighted by Crippen LogP contribution is -2.44. The first-order valence-corrected chi connectivity index (χ1v) is 3.89. The van der Waals surface area contributed by atoms with Gasteiger partial charge in [0.25, 0.3) is 0 Å². The molecule has 13 heavy (non-hydrogen) atoms. The van der Waals surface area contributed by atoms with Crippen LogP contribution in [0.3, 0.4) is 0 Å². The summed E-state index contributed by atoms with van der Waals surface area (Å²) in [5.74, 6) is -0.667. The fraction of sp³-hybridized carbons (Fsp3) is 0.875. The van der Waals surface area contributed by atoms with Crippen LogP contribution < -0.4 is 0 Å². The molecule has 5 nitrogen and oxygen atoms in total. The van der Waals surface area contributed by atoms with E-state index in [1.54, 1.807) is 0 Å². The van der Waals surface area contributed by atoms with Gasteiger partial charge in [0.1, 0.15) is 12.2 Å². The maximum Gasteiger partial charge on any atom is 0.177 e. The number of ketones is 1. The van der Waals surface area contributed by atoms with Crippen molar-refractivity contribution in [3.63, 3.8) is 0 Å². The van der Waals surface area contributed by atoms with E-state index in [-0.39, 0.29) is 6.90 Å². The first-order chi connectivity index (χ1) is 6.36. The van der Waals surface area contributed by atoms with Crippen LogP contribution in [-0.2, 0) is 4.79 Å². The van der Waals surface area contributed by atoms with E-state index >= 15 is 0 Å². The summed E-state index contributed by atoms with van der Waals surface area (Å²) in [6.45, 7) is 0.234. The van der Waals surface area contributed by atoms with Crippen LogP contribution in [0.2, 0.25) is 0 Å². The summed E-state index contributed by atoms with van der Waals surface area (Å²) in [6.07, 6.45) is -3.31. The van der Waals surface area contributed by atoms with Crippen molar-refractivity contribution in [2.24, 2.45) is 5.41 Å². The molecule has 0 heterocycles. The molecule has 1 aliphatic rings. The summed E-state index contributed by atoms with van der Waals surface area (Å²) in [6, 6.07) is 0. The highest BCUT2D eigenvalue weighted by Crippen LogP contribution is 2.53. The maximum absolute atomic E-state index is 11.2. The lowest BCUT2D eigenvalue weighted by Gasteiger charge is -2.21. The molecule has 76 valence electrons. The molecular formula is C8H14O5. The van der Waals surface area contributed by atoms with E-state index in [9.17, 15) is 15.0 Å². The van der Waals surface area contributed by atoms with Crippen molar-refractivity contribution in [3.05, 3.63) is 0 Å². The zero-order valence-electron chi connectivity index (χ0n) is 8.27. The van der Waals surface area contributed by atoms with Crippen molar-refractivity contribution in [3.8, 4) is 0 Å². The van der Waals surface area contributed by atoms with Crippen LogP contribution in [0.15, 0.2) is 0 Å². The lowest BCUT2D eigenvalue weighted by molar-refractivity contribution is -0.129. The first-order valence-electron chi connectivity index (χ1n) is 4.60. The molecular weight excluding hydrogens is 176 g/mol. The Kier molecular flexibility index (Phi) is 1.92. The summed E-state index contributed by atoms with van der Waals surface area (Å²) in [5, 5.41) is 36.7.